The molecule has 0 bridgehead atoms. The molecule has 0 spiro atoms. The van der Waals surface area contributed by atoms with Gasteiger partial charge in [0.15, 0.2) is 16.6 Å². The van der Waals surface area contributed by atoms with Crippen molar-refractivity contribution in [2.45, 2.75) is 161 Å². The molecule has 0 unspecified atom stereocenters. The van der Waals surface area contributed by atoms with E-state index in [0.29, 0.717) is 0 Å². The van der Waals surface area contributed by atoms with Crippen LogP contribution in [0.5, 0.6) is 0 Å². The summed E-state index contributed by atoms with van der Waals surface area (Å²) in [5.74, 6) is -0.465. The molecule has 0 aromatic rings. The summed E-state index contributed by atoms with van der Waals surface area (Å²) in [5.41, 5.74) is 2.58. The van der Waals surface area contributed by atoms with E-state index in [-0.39, 0.29) is 36.4 Å². The Morgan fingerprint density at radius 3 is 1.26 bits per heavy atom. The number of hydrogen-bond donors (Lipinski definition) is 0. The van der Waals surface area contributed by atoms with E-state index in [0.717, 1.165) is 81.2 Å². The highest BCUT2D eigenvalue weighted by Gasteiger charge is 2.36. The van der Waals surface area contributed by atoms with Crippen LogP contribution < -0.4 is 0 Å². The van der Waals surface area contributed by atoms with Crippen molar-refractivity contribution in [1.29, 1.82) is 0 Å². The van der Waals surface area contributed by atoms with Crippen LogP contribution in [-0.4, -0.2) is 53.0 Å². The molecule has 0 radical (unpaired) electrons. The number of rotatable bonds is 14. The summed E-state index contributed by atoms with van der Waals surface area (Å²) in [6.07, 6.45) is 9.96. The average Bonchev–Trinajstić information content (AvgIpc) is 3.20. The van der Waals surface area contributed by atoms with E-state index in [1.54, 1.807) is 0 Å². The van der Waals surface area contributed by atoms with E-state index in [2.05, 4.69) is 53.7 Å². The van der Waals surface area contributed by atoms with E-state index in [1.165, 1.54) is 25.0 Å². The van der Waals surface area contributed by atoms with Crippen molar-refractivity contribution in [3.63, 3.8) is 0 Å². The first-order valence-corrected chi connectivity index (χ1v) is 20.7. The van der Waals surface area contributed by atoms with Crippen molar-refractivity contribution in [2.24, 2.45) is 0 Å². The zero-order chi connectivity index (χ0) is 29.1. The lowest BCUT2D eigenvalue weighted by Crippen LogP contribution is -2.40. The van der Waals surface area contributed by atoms with Gasteiger partial charge in [-0.15, -0.1) is 0 Å². The molecule has 0 saturated heterocycles. The summed E-state index contributed by atoms with van der Waals surface area (Å²) >= 11 is 0. The van der Waals surface area contributed by atoms with Gasteiger partial charge in [-0.05, 0) is 55.5 Å². The standard InChI is InChI=1S/C31H56O6Si2/c1-9-38(10-2,11-3)36-28-17-15-26(20-30(22-28)34-24(7)32)19-27-16-18-29(23-31(21-27)35-25(8)33)37-39(12-4,13-5)14-6/h15-16,28-31H,9-14,17-23H2,1-8H3/t28-,29+,30+,31-. The summed E-state index contributed by atoms with van der Waals surface area (Å²) < 4.78 is 25.3. The SMILES string of the molecule is CC[Si](CC)(CC)O[C@@H]1CC=C(CC2=CC[C@H](O[Si](CC)(CC)CC)C[C@H](OC(C)=O)C2)C[C@H](OC(C)=O)C1. The van der Waals surface area contributed by atoms with Gasteiger partial charge in [0.1, 0.15) is 12.2 Å². The van der Waals surface area contributed by atoms with Crippen molar-refractivity contribution in [2.75, 3.05) is 0 Å². The second-order valence-corrected chi connectivity index (χ2v) is 21.1. The number of carbonyl (C=O) groups excluding carboxylic acids is 2. The topological polar surface area (TPSA) is 71.1 Å². The average molecular weight is 581 g/mol. The van der Waals surface area contributed by atoms with Crippen LogP contribution >= 0.6 is 0 Å². The smallest absolute Gasteiger partial charge is 0.302 e. The molecule has 0 saturated carbocycles. The zero-order valence-electron chi connectivity index (χ0n) is 26.1. The highest BCUT2D eigenvalue weighted by atomic mass is 28.4. The first-order chi connectivity index (χ1) is 18.5. The number of hydrogen-bond acceptors (Lipinski definition) is 6. The van der Waals surface area contributed by atoms with Gasteiger partial charge in [0.2, 0.25) is 0 Å². The minimum absolute atomic E-state index is 0.0864. The molecular weight excluding hydrogens is 525 g/mol. The highest BCUT2D eigenvalue weighted by molar-refractivity contribution is 6.74. The fourth-order valence-corrected chi connectivity index (χ4v) is 12.2. The second-order valence-electron chi connectivity index (χ2n) is 11.7. The molecule has 0 aliphatic heterocycles. The molecule has 2 aliphatic carbocycles. The lowest BCUT2D eigenvalue weighted by molar-refractivity contribution is -0.148. The zero-order valence-corrected chi connectivity index (χ0v) is 28.1. The van der Waals surface area contributed by atoms with Crippen LogP contribution in [0, 0.1) is 0 Å². The molecule has 0 heterocycles. The first-order valence-electron chi connectivity index (χ1n) is 15.6. The first kappa shape index (κ1) is 34.0. The Balaban J connectivity index is 2.25. The molecule has 4 atom stereocenters. The van der Waals surface area contributed by atoms with Crippen LogP contribution in [0.3, 0.4) is 0 Å². The Labute approximate surface area is 240 Å². The molecule has 39 heavy (non-hydrogen) atoms. The van der Waals surface area contributed by atoms with Gasteiger partial charge in [0.25, 0.3) is 0 Å². The monoisotopic (exact) mass is 580 g/mol. The van der Waals surface area contributed by atoms with Crippen LogP contribution in [0.2, 0.25) is 36.3 Å². The molecule has 0 aromatic heterocycles. The molecule has 0 amide bonds. The van der Waals surface area contributed by atoms with Crippen LogP contribution in [0.1, 0.15) is 100 Å². The number of esters is 2. The van der Waals surface area contributed by atoms with Crippen molar-refractivity contribution in [3.05, 3.63) is 23.3 Å². The summed E-state index contributed by atoms with van der Waals surface area (Å²) in [4.78, 5) is 23.9. The van der Waals surface area contributed by atoms with Crippen LogP contribution in [0.15, 0.2) is 23.3 Å². The summed E-state index contributed by atoms with van der Waals surface area (Å²) in [6.45, 7) is 16.5. The molecular formula is C31H56O6Si2. The minimum Gasteiger partial charge on any atom is -0.462 e. The van der Waals surface area contributed by atoms with E-state index in [1.807, 2.05) is 0 Å². The Bertz CT molecular complexity index is 761. The predicted molar refractivity (Wildman–Crippen MR) is 164 cm³/mol. The molecule has 6 nitrogen and oxygen atoms in total. The van der Waals surface area contributed by atoms with Crippen molar-refractivity contribution < 1.29 is 27.9 Å². The molecule has 2 aliphatic rings. The lowest BCUT2D eigenvalue weighted by Gasteiger charge is -2.33. The van der Waals surface area contributed by atoms with Crippen LogP contribution in [0.25, 0.3) is 0 Å². The van der Waals surface area contributed by atoms with Gasteiger partial charge in [-0.2, -0.15) is 0 Å². The summed E-state index contributed by atoms with van der Waals surface area (Å²) in [7, 11) is -3.54. The fraction of sp³-hybridized carbons (Fsp3) is 0.806. The third-order valence-corrected chi connectivity index (χ3v) is 18.6. The molecule has 0 fully saturated rings. The number of carbonyl (C=O) groups is 2. The third kappa shape index (κ3) is 10.6. The Morgan fingerprint density at radius 2 is 0.974 bits per heavy atom. The molecule has 224 valence electrons. The quantitative estimate of drug-likeness (QED) is 0.117. The Hall–Kier alpha value is -1.23. The van der Waals surface area contributed by atoms with Crippen molar-refractivity contribution >= 4 is 28.6 Å². The maximum atomic E-state index is 12.0. The van der Waals surface area contributed by atoms with Gasteiger partial charge < -0.3 is 18.3 Å². The van der Waals surface area contributed by atoms with Gasteiger partial charge in [-0.1, -0.05) is 64.8 Å². The number of ether oxygens (including phenoxy) is 2. The third-order valence-electron chi connectivity index (χ3n) is 9.19. The largest absolute Gasteiger partial charge is 0.462 e. The fourth-order valence-electron chi connectivity index (χ4n) is 6.42. The highest BCUT2D eigenvalue weighted by Crippen LogP contribution is 2.35. The van der Waals surface area contributed by atoms with Gasteiger partial charge in [-0.3, -0.25) is 9.59 Å². The van der Waals surface area contributed by atoms with Gasteiger partial charge >= 0.3 is 11.9 Å². The lowest BCUT2D eigenvalue weighted by atomic mass is 9.96. The maximum Gasteiger partial charge on any atom is 0.302 e. The summed E-state index contributed by atoms with van der Waals surface area (Å²) in [6, 6.07) is 6.65. The molecule has 0 aromatic carbocycles. The van der Waals surface area contributed by atoms with E-state index in [9.17, 15) is 9.59 Å². The molecule has 0 N–H and O–H groups in total. The second kappa shape index (κ2) is 16.3. The van der Waals surface area contributed by atoms with Gasteiger partial charge in [0.05, 0.1) is 12.2 Å². The van der Waals surface area contributed by atoms with Crippen LogP contribution in [-0.2, 0) is 27.9 Å². The van der Waals surface area contributed by atoms with E-state index in [4.69, 9.17) is 18.3 Å². The Morgan fingerprint density at radius 1 is 0.641 bits per heavy atom. The maximum absolute atomic E-state index is 12.0. The summed E-state index contributed by atoms with van der Waals surface area (Å²) in [5, 5.41) is 0. The minimum atomic E-state index is -1.77. The molecule has 8 heteroatoms. The van der Waals surface area contributed by atoms with Crippen LogP contribution in [0.4, 0.5) is 0 Å². The molecule has 2 rings (SSSR count). The van der Waals surface area contributed by atoms with E-state index < -0.39 is 16.6 Å². The van der Waals surface area contributed by atoms with Gasteiger partial charge in [-0.25, -0.2) is 0 Å². The normalized spacial score (nSPS) is 24.7. The predicted octanol–water partition coefficient (Wildman–Crippen LogP) is 8.24. The Kier molecular flexibility index (Phi) is 14.2. The van der Waals surface area contributed by atoms with E-state index >= 15 is 0 Å². The van der Waals surface area contributed by atoms with Gasteiger partial charge in [0, 0.05) is 39.5 Å². The van der Waals surface area contributed by atoms with Crippen molar-refractivity contribution in [1.82, 2.24) is 0 Å². The van der Waals surface area contributed by atoms with Crippen molar-refractivity contribution in [3.8, 4) is 0 Å².